The number of aryl methyl sites for hydroxylation is 2. The first kappa shape index (κ1) is 16.4. The molecule has 2 aromatic heterocycles. The van der Waals surface area contributed by atoms with E-state index in [1.165, 1.54) is 7.11 Å². The van der Waals surface area contributed by atoms with E-state index in [9.17, 15) is 4.79 Å². The predicted octanol–water partition coefficient (Wildman–Crippen LogP) is 1.05. The van der Waals surface area contributed by atoms with Crippen LogP contribution in [0.4, 0.5) is 0 Å². The van der Waals surface area contributed by atoms with Crippen molar-refractivity contribution in [1.29, 1.82) is 0 Å². The third-order valence-electron chi connectivity index (χ3n) is 4.02. The number of methoxy groups -OCH3 is 1. The van der Waals surface area contributed by atoms with Gasteiger partial charge in [-0.3, -0.25) is 9.69 Å². The van der Waals surface area contributed by atoms with Crippen molar-refractivity contribution in [1.82, 2.24) is 24.9 Å². The number of piperazine rings is 1. The molecule has 8 heteroatoms. The number of amides is 1. The largest absolute Gasteiger partial charge is 0.480 e. The molecule has 1 aliphatic rings. The molecule has 3 heterocycles. The fourth-order valence-corrected chi connectivity index (χ4v) is 2.74. The number of carbonyl (C=O) groups excluding carboxylic acids is 1. The monoisotopic (exact) mass is 331 g/mol. The number of carbonyl (C=O) groups is 1. The molecule has 1 amide bonds. The van der Waals surface area contributed by atoms with Crippen molar-refractivity contribution in [3.05, 3.63) is 35.1 Å². The smallest absolute Gasteiger partial charge is 0.259 e. The van der Waals surface area contributed by atoms with Crippen LogP contribution in [-0.2, 0) is 6.54 Å². The number of nitrogens with zero attached hydrogens (tertiary/aromatic N) is 5. The van der Waals surface area contributed by atoms with Crippen LogP contribution >= 0.6 is 0 Å². The van der Waals surface area contributed by atoms with Gasteiger partial charge in [0.15, 0.2) is 5.82 Å². The van der Waals surface area contributed by atoms with Crippen molar-refractivity contribution in [2.75, 3.05) is 33.3 Å². The van der Waals surface area contributed by atoms with Gasteiger partial charge < -0.3 is 14.2 Å². The Hall–Kier alpha value is -2.48. The van der Waals surface area contributed by atoms with Crippen LogP contribution in [0.2, 0.25) is 0 Å². The van der Waals surface area contributed by atoms with Crippen LogP contribution in [0.1, 0.15) is 27.8 Å². The lowest BCUT2D eigenvalue weighted by atomic mass is 10.2. The van der Waals surface area contributed by atoms with E-state index >= 15 is 0 Å². The molecule has 8 nitrogen and oxygen atoms in total. The summed E-state index contributed by atoms with van der Waals surface area (Å²) in [7, 11) is 1.53. The highest BCUT2D eigenvalue weighted by Crippen LogP contribution is 2.19. The third-order valence-corrected chi connectivity index (χ3v) is 4.02. The number of pyridine rings is 1. The molecule has 1 saturated heterocycles. The molecule has 24 heavy (non-hydrogen) atoms. The van der Waals surface area contributed by atoms with Gasteiger partial charge in [-0.15, -0.1) is 0 Å². The second-order valence-electron chi connectivity index (χ2n) is 5.81. The lowest BCUT2D eigenvalue weighted by Crippen LogP contribution is -2.48. The van der Waals surface area contributed by atoms with Crippen LogP contribution in [-0.4, -0.2) is 64.1 Å². The minimum absolute atomic E-state index is 0.0468. The number of ether oxygens (including phenoxy) is 1. The summed E-state index contributed by atoms with van der Waals surface area (Å²) in [4.78, 5) is 25.2. The van der Waals surface area contributed by atoms with Crippen molar-refractivity contribution < 1.29 is 14.1 Å². The number of rotatable bonds is 4. The van der Waals surface area contributed by atoms with Crippen molar-refractivity contribution in [2.24, 2.45) is 0 Å². The van der Waals surface area contributed by atoms with Crippen molar-refractivity contribution in [3.63, 3.8) is 0 Å². The summed E-state index contributed by atoms with van der Waals surface area (Å²) in [5.41, 5.74) is 1.33. The van der Waals surface area contributed by atoms with E-state index < -0.39 is 0 Å². The first-order valence-electron chi connectivity index (χ1n) is 7.89. The second-order valence-corrected chi connectivity index (χ2v) is 5.81. The van der Waals surface area contributed by atoms with Gasteiger partial charge in [0, 0.05) is 38.8 Å². The van der Waals surface area contributed by atoms with Gasteiger partial charge in [-0.1, -0.05) is 5.16 Å². The zero-order valence-electron chi connectivity index (χ0n) is 14.2. The second kappa shape index (κ2) is 6.96. The Kier molecular flexibility index (Phi) is 4.75. The van der Waals surface area contributed by atoms with Gasteiger partial charge in [-0.25, -0.2) is 4.98 Å². The number of hydrogen-bond donors (Lipinski definition) is 0. The molecular formula is C16H21N5O3. The van der Waals surface area contributed by atoms with Crippen LogP contribution in [0.15, 0.2) is 16.7 Å². The molecule has 1 aliphatic heterocycles. The molecule has 0 radical (unpaired) electrons. The highest BCUT2D eigenvalue weighted by molar-refractivity contribution is 5.96. The molecular weight excluding hydrogens is 310 g/mol. The zero-order valence-corrected chi connectivity index (χ0v) is 14.2. The Morgan fingerprint density at radius 1 is 1.21 bits per heavy atom. The fraction of sp³-hybridized carbons (Fsp3) is 0.500. The minimum Gasteiger partial charge on any atom is -0.480 e. The van der Waals surface area contributed by atoms with Gasteiger partial charge in [0.1, 0.15) is 5.56 Å². The quantitative estimate of drug-likeness (QED) is 0.828. The fourth-order valence-electron chi connectivity index (χ4n) is 2.74. The first-order chi connectivity index (χ1) is 11.6. The summed E-state index contributed by atoms with van der Waals surface area (Å²) in [6.45, 7) is 7.10. The molecule has 0 spiro atoms. The average Bonchev–Trinajstić information content (AvgIpc) is 2.99. The molecule has 0 saturated carbocycles. The summed E-state index contributed by atoms with van der Waals surface area (Å²) in [5, 5.41) is 3.91. The van der Waals surface area contributed by atoms with Gasteiger partial charge in [-0.2, -0.15) is 4.98 Å². The van der Waals surface area contributed by atoms with Crippen molar-refractivity contribution in [2.45, 2.75) is 20.4 Å². The molecule has 0 atom stereocenters. The van der Waals surface area contributed by atoms with Crippen molar-refractivity contribution in [3.8, 4) is 5.88 Å². The van der Waals surface area contributed by atoms with Gasteiger partial charge in [0.05, 0.1) is 13.7 Å². The van der Waals surface area contributed by atoms with E-state index in [0.717, 1.165) is 18.8 Å². The molecule has 1 fully saturated rings. The number of hydrogen-bond acceptors (Lipinski definition) is 7. The molecule has 0 aliphatic carbocycles. The lowest BCUT2D eigenvalue weighted by Gasteiger charge is -2.34. The minimum atomic E-state index is -0.0468. The van der Waals surface area contributed by atoms with Gasteiger partial charge in [0.2, 0.25) is 11.8 Å². The Morgan fingerprint density at radius 2 is 1.96 bits per heavy atom. The van der Waals surface area contributed by atoms with Crippen LogP contribution in [0.5, 0.6) is 5.88 Å². The summed E-state index contributed by atoms with van der Waals surface area (Å²) in [6, 6.07) is 3.60. The van der Waals surface area contributed by atoms with E-state index in [1.807, 2.05) is 17.9 Å². The van der Waals surface area contributed by atoms with Gasteiger partial charge >= 0.3 is 0 Å². The van der Waals surface area contributed by atoms with E-state index in [0.29, 0.717) is 42.8 Å². The summed E-state index contributed by atoms with van der Waals surface area (Å²) in [6.07, 6.45) is 0. The molecule has 0 unspecified atom stereocenters. The first-order valence-corrected chi connectivity index (χ1v) is 7.89. The predicted molar refractivity (Wildman–Crippen MR) is 85.7 cm³/mol. The molecule has 128 valence electrons. The van der Waals surface area contributed by atoms with E-state index in [2.05, 4.69) is 20.0 Å². The summed E-state index contributed by atoms with van der Waals surface area (Å²) < 4.78 is 10.2. The summed E-state index contributed by atoms with van der Waals surface area (Å²) >= 11 is 0. The normalized spacial score (nSPS) is 15.5. The molecule has 3 rings (SSSR count). The summed E-state index contributed by atoms with van der Waals surface area (Å²) in [5.74, 6) is 1.58. The maximum absolute atomic E-state index is 12.7. The molecule has 2 aromatic rings. The van der Waals surface area contributed by atoms with E-state index in [1.54, 1.807) is 13.0 Å². The topological polar surface area (TPSA) is 84.6 Å². The average molecular weight is 331 g/mol. The maximum Gasteiger partial charge on any atom is 0.259 e. The van der Waals surface area contributed by atoms with E-state index in [4.69, 9.17) is 9.26 Å². The lowest BCUT2D eigenvalue weighted by molar-refractivity contribution is 0.0620. The molecule has 0 aromatic carbocycles. The van der Waals surface area contributed by atoms with E-state index in [-0.39, 0.29) is 5.91 Å². The third kappa shape index (κ3) is 3.53. The maximum atomic E-state index is 12.7. The van der Waals surface area contributed by atoms with Crippen LogP contribution in [0.25, 0.3) is 0 Å². The van der Waals surface area contributed by atoms with Gasteiger partial charge in [-0.05, 0) is 19.1 Å². The SMILES string of the molecule is COc1nc(C)ccc1C(=O)N1CCN(Cc2noc(C)n2)CC1. The Labute approximate surface area is 140 Å². The standard InChI is InChI=1S/C16H21N5O3/c1-11-4-5-13(15(17-11)23-3)16(22)21-8-6-20(7-9-21)10-14-18-12(2)24-19-14/h4-5H,6-10H2,1-3H3. The number of aromatic nitrogens is 3. The highest BCUT2D eigenvalue weighted by atomic mass is 16.5. The Balaban J connectivity index is 1.61. The zero-order chi connectivity index (χ0) is 17.1. The Morgan fingerprint density at radius 3 is 2.58 bits per heavy atom. The van der Waals surface area contributed by atoms with Crippen LogP contribution in [0.3, 0.4) is 0 Å². The van der Waals surface area contributed by atoms with Gasteiger partial charge in [0.25, 0.3) is 5.91 Å². The van der Waals surface area contributed by atoms with Crippen LogP contribution < -0.4 is 4.74 Å². The van der Waals surface area contributed by atoms with Crippen LogP contribution in [0, 0.1) is 13.8 Å². The molecule has 0 bridgehead atoms. The highest BCUT2D eigenvalue weighted by Gasteiger charge is 2.25. The van der Waals surface area contributed by atoms with Crippen molar-refractivity contribution >= 4 is 5.91 Å². The Bertz CT molecular complexity index is 722. The molecule has 0 N–H and O–H groups in total.